The number of hydrogen-bond acceptors (Lipinski definition) is 6. The molecule has 0 aliphatic carbocycles. The molecule has 0 bridgehead atoms. The fourth-order valence-electron chi connectivity index (χ4n) is 1.70. The van der Waals surface area contributed by atoms with Crippen LogP contribution in [0.15, 0.2) is 4.52 Å². The van der Waals surface area contributed by atoms with Gasteiger partial charge in [-0.3, -0.25) is 0 Å². The van der Waals surface area contributed by atoms with E-state index in [1.54, 1.807) is 7.11 Å². The Balaban J connectivity index is 2.05. The summed E-state index contributed by atoms with van der Waals surface area (Å²) in [6, 6.07) is 0. The number of ether oxygens (including phenoxy) is 2. The summed E-state index contributed by atoms with van der Waals surface area (Å²) in [7, 11) is 1.64. The molecule has 0 radical (unpaired) electrons. The van der Waals surface area contributed by atoms with E-state index in [1.807, 2.05) is 0 Å². The zero-order chi connectivity index (χ0) is 11.4. The highest BCUT2D eigenvalue weighted by Crippen LogP contribution is 2.27. The molecular weight excluding hydrogens is 210 g/mol. The highest BCUT2D eigenvalue weighted by Gasteiger charge is 2.35. The Hall–Kier alpha value is -0.980. The summed E-state index contributed by atoms with van der Waals surface area (Å²) in [6.07, 6.45) is 2.09. The first-order valence-corrected chi connectivity index (χ1v) is 5.43. The summed E-state index contributed by atoms with van der Waals surface area (Å²) in [5.74, 6) is 1.16. The molecule has 6 heteroatoms. The summed E-state index contributed by atoms with van der Waals surface area (Å²) in [6.45, 7) is 1.87. The SMILES string of the molecule is COCCc1noc(C2(N)CCOCC2)n1. The van der Waals surface area contributed by atoms with Crippen molar-refractivity contribution in [3.63, 3.8) is 0 Å². The zero-order valence-corrected chi connectivity index (χ0v) is 9.44. The van der Waals surface area contributed by atoms with Gasteiger partial charge in [0.05, 0.1) is 6.61 Å². The van der Waals surface area contributed by atoms with Gasteiger partial charge in [0.25, 0.3) is 0 Å². The third-order valence-electron chi connectivity index (χ3n) is 2.81. The Bertz CT molecular complexity index is 334. The maximum atomic E-state index is 6.21. The van der Waals surface area contributed by atoms with Gasteiger partial charge in [-0.05, 0) is 12.8 Å². The van der Waals surface area contributed by atoms with Crippen LogP contribution in [0.3, 0.4) is 0 Å². The van der Waals surface area contributed by atoms with Crippen molar-refractivity contribution in [2.75, 3.05) is 26.9 Å². The fraction of sp³-hybridized carbons (Fsp3) is 0.800. The third-order valence-corrected chi connectivity index (χ3v) is 2.81. The monoisotopic (exact) mass is 227 g/mol. The summed E-state index contributed by atoms with van der Waals surface area (Å²) >= 11 is 0. The van der Waals surface area contributed by atoms with Crippen LogP contribution in [0.2, 0.25) is 0 Å². The lowest BCUT2D eigenvalue weighted by Gasteiger charge is -2.29. The van der Waals surface area contributed by atoms with Gasteiger partial charge in [0.2, 0.25) is 5.89 Å². The summed E-state index contributed by atoms with van der Waals surface area (Å²) < 4.78 is 15.4. The molecular formula is C10H17N3O3. The number of aromatic nitrogens is 2. The van der Waals surface area contributed by atoms with E-state index < -0.39 is 5.54 Å². The summed E-state index contributed by atoms with van der Waals surface area (Å²) in [5, 5.41) is 3.89. The van der Waals surface area contributed by atoms with Crippen LogP contribution >= 0.6 is 0 Å². The van der Waals surface area contributed by atoms with Gasteiger partial charge in [0.1, 0.15) is 5.54 Å². The van der Waals surface area contributed by atoms with E-state index in [-0.39, 0.29) is 0 Å². The topological polar surface area (TPSA) is 83.4 Å². The van der Waals surface area contributed by atoms with Crippen LogP contribution in [0.25, 0.3) is 0 Å². The largest absolute Gasteiger partial charge is 0.384 e. The number of rotatable bonds is 4. The molecule has 2 rings (SSSR count). The Morgan fingerprint density at radius 1 is 1.44 bits per heavy atom. The van der Waals surface area contributed by atoms with E-state index in [2.05, 4.69) is 10.1 Å². The van der Waals surface area contributed by atoms with Gasteiger partial charge in [-0.1, -0.05) is 5.16 Å². The van der Waals surface area contributed by atoms with Crippen molar-refractivity contribution >= 4 is 0 Å². The average Bonchev–Trinajstić information content (AvgIpc) is 2.77. The average molecular weight is 227 g/mol. The van der Waals surface area contributed by atoms with Gasteiger partial charge in [0, 0.05) is 26.7 Å². The molecule has 0 aromatic carbocycles. The summed E-state index contributed by atoms with van der Waals surface area (Å²) in [4.78, 5) is 4.30. The standard InChI is InChI=1S/C10H17N3O3/c1-14-5-2-8-12-9(16-13-8)10(11)3-6-15-7-4-10/h2-7,11H2,1H3. The molecule has 2 N–H and O–H groups in total. The van der Waals surface area contributed by atoms with Crippen LogP contribution < -0.4 is 5.73 Å². The molecule has 16 heavy (non-hydrogen) atoms. The molecule has 1 aliphatic rings. The molecule has 0 unspecified atom stereocenters. The minimum absolute atomic E-state index is 0.516. The van der Waals surface area contributed by atoms with E-state index in [4.69, 9.17) is 19.7 Å². The Kier molecular flexibility index (Phi) is 3.52. The van der Waals surface area contributed by atoms with Crippen molar-refractivity contribution in [1.29, 1.82) is 0 Å². The van der Waals surface area contributed by atoms with E-state index in [1.165, 1.54) is 0 Å². The minimum atomic E-state index is -0.517. The van der Waals surface area contributed by atoms with Gasteiger partial charge in [-0.25, -0.2) is 0 Å². The van der Waals surface area contributed by atoms with E-state index in [0.29, 0.717) is 38.0 Å². The van der Waals surface area contributed by atoms with Gasteiger partial charge in [0.15, 0.2) is 5.82 Å². The molecule has 0 amide bonds. The first kappa shape index (κ1) is 11.5. The van der Waals surface area contributed by atoms with Crippen LogP contribution in [-0.4, -0.2) is 37.1 Å². The number of methoxy groups -OCH3 is 1. The lowest BCUT2D eigenvalue weighted by molar-refractivity contribution is 0.0400. The number of nitrogens with two attached hydrogens (primary N) is 1. The predicted octanol–water partition coefficient (Wildman–Crippen LogP) is 0.223. The van der Waals surface area contributed by atoms with Gasteiger partial charge in [-0.15, -0.1) is 0 Å². The number of hydrogen-bond donors (Lipinski definition) is 1. The second-order valence-electron chi connectivity index (χ2n) is 4.03. The highest BCUT2D eigenvalue weighted by molar-refractivity contribution is 5.03. The minimum Gasteiger partial charge on any atom is -0.384 e. The lowest BCUT2D eigenvalue weighted by atomic mass is 9.91. The van der Waals surface area contributed by atoms with Gasteiger partial charge < -0.3 is 19.7 Å². The lowest BCUT2D eigenvalue weighted by Crippen LogP contribution is -2.42. The quantitative estimate of drug-likeness (QED) is 0.792. The maximum Gasteiger partial charge on any atom is 0.246 e. The fourth-order valence-corrected chi connectivity index (χ4v) is 1.70. The molecule has 1 aromatic heterocycles. The molecule has 2 heterocycles. The number of nitrogens with zero attached hydrogens (tertiary/aromatic N) is 2. The second kappa shape index (κ2) is 4.90. The summed E-state index contributed by atoms with van der Waals surface area (Å²) in [5.41, 5.74) is 5.70. The van der Waals surface area contributed by atoms with Crippen LogP contribution in [0.4, 0.5) is 0 Å². The van der Waals surface area contributed by atoms with E-state index >= 15 is 0 Å². The molecule has 1 saturated heterocycles. The third kappa shape index (κ3) is 2.40. The Morgan fingerprint density at radius 2 is 2.19 bits per heavy atom. The first-order chi connectivity index (χ1) is 7.74. The molecule has 1 aromatic rings. The predicted molar refractivity (Wildman–Crippen MR) is 55.8 cm³/mol. The zero-order valence-electron chi connectivity index (χ0n) is 9.44. The van der Waals surface area contributed by atoms with Crippen molar-refractivity contribution in [2.24, 2.45) is 5.73 Å². The van der Waals surface area contributed by atoms with Crippen molar-refractivity contribution < 1.29 is 14.0 Å². The Morgan fingerprint density at radius 3 is 2.88 bits per heavy atom. The Labute approximate surface area is 94.1 Å². The normalized spacial score (nSPS) is 19.9. The van der Waals surface area contributed by atoms with Crippen molar-refractivity contribution in [2.45, 2.75) is 24.8 Å². The smallest absolute Gasteiger partial charge is 0.246 e. The molecule has 90 valence electrons. The van der Waals surface area contributed by atoms with Crippen LogP contribution in [0.5, 0.6) is 0 Å². The van der Waals surface area contributed by atoms with E-state index in [9.17, 15) is 0 Å². The van der Waals surface area contributed by atoms with Crippen molar-refractivity contribution in [1.82, 2.24) is 10.1 Å². The van der Waals surface area contributed by atoms with Crippen LogP contribution in [0, 0.1) is 0 Å². The molecule has 6 nitrogen and oxygen atoms in total. The molecule has 0 spiro atoms. The van der Waals surface area contributed by atoms with Crippen molar-refractivity contribution in [3.8, 4) is 0 Å². The maximum absolute atomic E-state index is 6.21. The van der Waals surface area contributed by atoms with Crippen molar-refractivity contribution in [3.05, 3.63) is 11.7 Å². The van der Waals surface area contributed by atoms with Gasteiger partial charge >= 0.3 is 0 Å². The molecule has 0 atom stereocenters. The molecule has 0 saturated carbocycles. The van der Waals surface area contributed by atoms with E-state index in [0.717, 1.165) is 12.8 Å². The second-order valence-corrected chi connectivity index (χ2v) is 4.03. The molecule has 1 aliphatic heterocycles. The van der Waals surface area contributed by atoms with Crippen LogP contribution in [-0.2, 0) is 21.4 Å². The van der Waals surface area contributed by atoms with Gasteiger partial charge in [-0.2, -0.15) is 4.98 Å². The molecule has 1 fully saturated rings. The highest BCUT2D eigenvalue weighted by atomic mass is 16.5. The van der Waals surface area contributed by atoms with Crippen LogP contribution in [0.1, 0.15) is 24.6 Å². The first-order valence-electron chi connectivity index (χ1n) is 5.43.